The van der Waals surface area contributed by atoms with Crippen molar-refractivity contribution < 1.29 is 41.7 Å². The van der Waals surface area contributed by atoms with Gasteiger partial charge in [-0.15, -0.1) is 0 Å². The molecule has 0 aliphatic heterocycles. The first-order valence-electron chi connectivity index (χ1n) is 9.59. The number of carbonyl (C=O) groups excluding carboxylic acids is 2. The van der Waals surface area contributed by atoms with Gasteiger partial charge in [-0.05, 0) is 25.1 Å². The molecule has 0 N–H and O–H groups in total. The Balaban J connectivity index is 2.41. The van der Waals surface area contributed by atoms with Crippen molar-refractivity contribution in [1.82, 2.24) is 9.78 Å². The fourth-order valence-corrected chi connectivity index (χ4v) is 3.50. The molecule has 2 aromatic rings. The van der Waals surface area contributed by atoms with Gasteiger partial charge >= 0.3 is 6.16 Å². The number of benzene rings is 1. The average Bonchev–Trinajstić information content (AvgIpc) is 3.14. The van der Waals surface area contributed by atoms with Gasteiger partial charge in [0.15, 0.2) is 15.6 Å². The van der Waals surface area contributed by atoms with Crippen LogP contribution in [0.2, 0.25) is 0 Å². The normalized spacial score (nSPS) is 12.2. The van der Waals surface area contributed by atoms with Gasteiger partial charge in [0, 0.05) is 32.4 Å². The molecule has 1 heterocycles. The quantitative estimate of drug-likeness (QED) is 0.208. The molecule has 0 radical (unpaired) electrons. The fourth-order valence-electron chi connectivity index (χ4n) is 2.70. The third-order valence-corrected chi connectivity index (χ3v) is 5.33. The zero-order valence-electron chi connectivity index (χ0n) is 18.5. The van der Waals surface area contributed by atoms with Crippen LogP contribution in [0.4, 0.5) is 4.79 Å². The number of nitrogens with zero attached hydrogens (tertiary/aromatic N) is 2. The van der Waals surface area contributed by atoms with Gasteiger partial charge in [-0.25, -0.2) is 17.9 Å². The Bertz CT molecular complexity index is 1060. The molecule has 0 saturated carbocycles. The van der Waals surface area contributed by atoms with Crippen LogP contribution in [-0.4, -0.2) is 70.1 Å². The first kappa shape index (κ1) is 25.1. The number of methoxy groups -OCH3 is 2. The molecule has 0 aliphatic carbocycles. The highest BCUT2D eigenvalue weighted by Gasteiger charge is 2.25. The summed E-state index contributed by atoms with van der Waals surface area (Å²) in [6.45, 7) is 3.97. The standard InChI is InChI=1S/C20H26N2O9S/c1-6-22-19(30-13(2)31-20(24)28-4)15(12-21-22)18(23)14-7-8-17(32(5,25)26)16(11-14)29-10-9-27-3/h7-8,11-13H,6,9-10H2,1-5H3. The molecule has 176 valence electrons. The van der Waals surface area contributed by atoms with Crippen LogP contribution in [0.3, 0.4) is 0 Å². The molecule has 2 rings (SSSR count). The smallest absolute Gasteiger partial charge is 0.490 e. The van der Waals surface area contributed by atoms with Gasteiger partial charge in [0.05, 0.1) is 19.9 Å². The minimum atomic E-state index is -3.59. The van der Waals surface area contributed by atoms with Gasteiger partial charge in [-0.3, -0.25) is 4.79 Å². The van der Waals surface area contributed by atoms with E-state index in [2.05, 4.69) is 9.84 Å². The van der Waals surface area contributed by atoms with E-state index < -0.39 is 28.1 Å². The van der Waals surface area contributed by atoms with Crippen molar-refractivity contribution in [3.63, 3.8) is 0 Å². The highest BCUT2D eigenvalue weighted by Crippen LogP contribution is 2.29. The van der Waals surface area contributed by atoms with E-state index in [9.17, 15) is 18.0 Å². The third-order valence-electron chi connectivity index (χ3n) is 4.19. The van der Waals surface area contributed by atoms with Gasteiger partial charge in [0.25, 0.3) is 0 Å². The second-order valence-corrected chi connectivity index (χ2v) is 8.52. The Morgan fingerprint density at radius 2 is 1.91 bits per heavy atom. The number of rotatable bonds is 11. The van der Waals surface area contributed by atoms with E-state index in [-0.39, 0.29) is 40.9 Å². The number of carbonyl (C=O) groups is 2. The number of ether oxygens (including phenoxy) is 5. The molecule has 1 aromatic heterocycles. The van der Waals surface area contributed by atoms with E-state index in [0.717, 1.165) is 13.4 Å². The fraction of sp³-hybridized carbons (Fsp3) is 0.450. The van der Waals surface area contributed by atoms with Crippen LogP contribution < -0.4 is 9.47 Å². The van der Waals surface area contributed by atoms with Gasteiger partial charge < -0.3 is 23.7 Å². The highest BCUT2D eigenvalue weighted by atomic mass is 32.2. The van der Waals surface area contributed by atoms with Gasteiger partial charge in [0.1, 0.15) is 22.8 Å². The number of aromatic nitrogens is 2. The Hall–Kier alpha value is -3.12. The minimum Gasteiger partial charge on any atom is -0.490 e. The molecular weight excluding hydrogens is 444 g/mol. The number of hydrogen-bond acceptors (Lipinski definition) is 10. The molecule has 1 unspecified atom stereocenters. The number of sulfone groups is 1. The van der Waals surface area contributed by atoms with Crippen LogP contribution in [-0.2, 0) is 30.6 Å². The summed E-state index contributed by atoms with van der Waals surface area (Å²) in [6.07, 6.45) is 0.369. The molecule has 0 fully saturated rings. The molecule has 0 bridgehead atoms. The van der Waals surface area contributed by atoms with E-state index >= 15 is 0 Å². The predicted octanol–water partition coefficient (Wildman–Crippen LogP) is 2.07. The monoisotopic (exact) mass is 470 g/mol. The van der Waals surface area contributed by atoms with Crippen molar-refractivity contribution >= 4 is 21.8 Å². The van der Waals surface area contributed by atoms with Crippen molar-refractivity contribution in [3.05, 3.63) is 35.5 Å². The summed E-state index contributed by atoms with van der Waals surface area (Å²) in [5.74, 6) is -0.368. The van der Waals surface area contributed by atoms with Crippen LogP contribution in [0, 0.1) is 0 Å². The van der Waals surface area contributed by atoms with Crippen LogP contribution in [0.25, 0.3) is 0 Å². The second-order valence-electron chi connectivity index (χ2n) is 6.54. The number of ketones is 1. The molecule has 0 saturated heterocycles. The molecule has 32 heavy (non-hydrogen) atoms. The Labute approximate surface area is 186 Å². The van der Waals surface area contributed by atoms with E-state index in [1.54, 1.807) is 6.92 Å². The summed E-state index contributed by atoms with van der Waals surface area (Å²) in [5.41, 5.74) is 0.258. The zero-order valence-corrected chi connectivity index (χ0v) is 19.3. The molecular formula is C20H26N2O9S. The van der Waals surface area contributed by atoms with Gasteiger partial charge in [0.2, 0.25) is 12.2 Å². The lowest BCUT2D eigenvalue weighted by Crippen LogP contribution is -2.23. The predicted molar refractivity (Wildman–Crippen MR) is 112 cm³/mol. The maximum atomic E-state index is 13.2. The van der Waals surface area contributed by atoms with Crippen LogP contribution in [0.1, 0.15) is 29.8 Å². The molecule has 0 amide bonds. The summed E-state index contributed by atoms with van der Waals surface area (Å²) < 4.78 is 51.0. The summed E-state index contributed by atoms with van der Waals surface area (Å²) in [5, 5.41) is 4.13. The SMILES string of the molecule is CCn1ncc(C(=O)c2ccc(S(C)(=O)=O)c(OCCOC)c2)c1OC(C)OC(=O)OC. The van der Waals surface area contributed by atoms with Crippen LogP contribution in [0.15, 0.2) is 29.3 Å². The molecule has 1 aromatic carbocycles. The van der Waals surface area contributed by atoms with Crippen molar-refractivity contribution in [2.45, 2.75) is 31.6 Å². The van der Waals surface area contributed by atoms with Crippen molar-refractivity contribution in [2.75, 3.05) is 33.7 Å². The van der Waals surface area contributed by atoms with Gasteiger partial charge in [-0.1, -0.05) is 0 Å². The maximum absolute atomic E-state index is 13.2. The van der Waals surface area contributed by atoms with E-state index in [0.29, 0.717) is 6.54 Å². The number of aryl methyl sites for hydroxylation is 1. The van der Waals surface area contributed by atoms with E-state index in [1.165, 1.54) is 43.1 Å². The molecule has 12 heteroatoms. The van der Waals surface area contributed by atoms with E-state index in [1.807, 2.05) is 0 Å². The van der Waals surface area contributed by atoms with Crippen LogP contribution in [0.5, 0.6) is 11.6 Å². The minimum absolute atomic E-state index is 0.0307. The maximum Gasteiger partial charge on any atom is 0.511 e. The molecule has 1 atom stereocenters. The van der Waals surface area contributed by atoms with E-state index in [4.69, 9.17) is 18.9 Å². The first-order chi connectivity index (χ1) is 15.1. The zero-order chi connectivity index (χ0) is 23.9. The first-order valence-corrected chi connectivity index (χ1v) is 11.5. The molecule has 0 spiro atoms. The highest BCUT2D eigenvalue weighted by molar-refractivity contribution is 7.90. The molecule has 0 aliphatic rings. The largest absolute Gasteiger partial charge is 0.511 e. The third kappa shape index (κ3) is 6.20. The topological polar surface area (TPSA) is 132 Å². The Kier molecular flexibility index (Phi) is 8.61. The summed E-state index contributed by atoms with van der Waals surface area (Å²) in [6, 6.07) is 4.03. The Morgan fingerprint density at radius 1 is 1.19 bits per heavy atom. The van der Waals surface area contributed by atoms with Crippen molar-refractivity contribution in [3.8, 4) is 11.6 Å². The van der Waals surface area contributed by atoms with Crippen molar-refractivity contribution in [1.29, 1.82) is 0 Å². The lowest BCUT2D eigenvalue weighted by Gasteiger charge is -2.16. The number of hydrogen-bond donors (Lipinski definition) is 0. The summed E-state index contributed by atoms with van der Waals surface area (Å²) >= 11 is 0. The van der Waals surface area contributed by atoms with Crippen molar-refractivity contribution in [2.24, 2.45) is 0 Å². The van der Waals surface area contributed by atoms with Gasteiger partial charge in [-0.2, -0.15) is 5.10 Å². The lowest BCUT2D eigenvalue weighted by molar-refractivity contribution is -0.0513. The molecule has 11 nitrogen and oxygen atoms in total. The lowest BCUT2D eigenvalue weighted by atomic mass is 10.1. The summed E-state index contributed by atoms with van der Waals surface area (Å²) in [4.78, 5) is 24.5. The second kappa shape index (κ2) is 11.0. The average molecular weight is 471 g/mol. The summed E-state index contributed by atoms with van der Waals surface area (Å²) in [7, 11) is -0.950. The Morgan fingerprint density at radius 3 is 2.50 bits per heavy atom. The van der Waals surface area contributed by atoms with Crippen LogP contribution >= 0.6 is 0 Å².